The van der Waals surface area contributed by atoms with Crippen LogP contribution >= 0.6 is 0 Å². The third-order valence-electron chi connectivity index (χ3n) is 4.28. The van der Waals surface area contributed by atoms with Gasteiger partial charge in [-0.3, -0.25) is 0 Å². The van der Waals surface area contributed by atoms with Gasteiger partial charge in [-0.1, -0.05) is 78.4 Å². The standard InChI is InChI=1S/C27H23N3O4/c31-26(33-20-23-9-3-1-4-10-23)28-17-7-13-22-15-16-25(30-19-22)14-8-18-29-27(32)34-21-24-11-5-2-6-12-24/h1-6,9-12,15-16,19H,17-18,20-21H2,(H,28,31)(H,29,32). The second-order valence-corrected chi connectivity index (χ2v) is 6.87. The SMILES string of the molecule is O=C(NCC#Cc1ccc(C#CCNC(=O)OCc2ccccc2)nc1)OCc1ccccc1. The van der Waals surface area contributed by atoms with E-state index >= 15 is 0 Å². The molecular weight excluding hydrogens is 430 g/mol. The molecule has 7 nitrogen and oxygen atoms in total. The monoisotopic (exact) mass is 453 g/mol. The highest BCUT2D eigenvalue weighted by molar-refractivity contribution is 5.68. The molecule has 3 rings (SSSR count). The summed E-state index contributed by atoms with van der Waals surface area (Å²) in [6.45, 7) is 0.704. The Hall–Kier alpha value is -4.75. The number of rotatable bonds is 6. The number of amides is 2. The summed E-state index contributed by atoms with van der Waals surface area (Å²) < 4.78 is 10.2. The van der Waals surface area contributed by atoms with E-state index in [1.54, 1.807) is 18.3 Å². The molecule has 0 saturated carbocycles. The molecule has 0 radical (unpaired) electrons. The predicted molar refractivity (Wildman–Crippen MR) is 127 cm³/mol. The number of aromatic nitrogens is 1. The molecule has 0 bridgehead atoms. The fourth-order valence-electron chi connectivity index (χ4n) is 2.60. The normalized spacial score (nSPS) is 9.41. The second kappa shape index (κ2) is 13.6. The second-order valence-electron chi connectivity index (χ2n) is 6.87. The van der Waals surface area contributed by atoms with Crippen molar-refractivity contribution in [1.29, 1.82) is 0 Å². The minimum atomic E-state index is -0.533. The van der Waals surface area contributed by atoms with Gasteiger partial charge in [0.15, 0.2) is 0 Å². The third-order valence-corrected chi connectivity index (χ3v) is 4.28. The van der Waals surface area contributed by atoms with Gasteiger partial charge >= 0.3 is 12.2 Å². The molecule has 0 spiro atoms. The molecule has 1 aromatic heterocycles. The van der Waals surface area contributed by atoms with E-state index in [2.05, 4.69) is 39.3 Å². The number of hydrogen-bond acceptors (Lipinski definition) is 5. The number of alkyl carbamates (subject to hydrolysis) is 2. The smallest absolute Gasteiger partial charge is 0.408 e. The maximum Gasteiger partial charge on any atom is 0.408 e. The van der Waals surface area contributed by atoms with E-state index in [-0.39, 0.29) is 26.3 Å². The van der Waals surface area contributed by atoms with Crippen LogP contribution in [0.3, 0.4) is 0 Å². The lowest BCUT2D eigenvalue weighted by Crippen LogP contribution is -2.24. The van der Waals surface area contributed by atoms with Crippen molar-refractivity contribution in [3.05, 3.63) is 101 Å². The minimum Gasteiger partial charge on any atom is -0.445 e. The van der Waals surface area contributed by atoms with E-state index in [0.29, 0.717) is 11.3 Å². The quantitative estimate of drug-likeness (QED) is 0.557. The van der Waals surface area contributed by atoms with Crippen LogP contribution < -0.4 is 10.6 Å². The number of ether oxygens (including phenoxy) is 2. The van der Waals surface area contributed by atoms with Gasteiger partial charge in [0.1, 0.15) is 18.9 Å². The fraction of sp³-hybridized carbons (Fsp3) is 0.148. The van der Waals surface area contributed by atoms with Crippen LogP contribution in [0.2, 0.25) is 0 Å². The predicted octanol–water partition coefficient (Wildman–Crippen LogP) is 3.64. The summed E-state index contributed by atoms with van der Waals surface area (Å²) in [7, 11) is 0. The first-order chi connectivity index (χ1) is 16.7. The Balaban J connectivity index is 1.33. The van der Waals surface area contributed by atoms with Gasteiger partial charge in [0.25, 0.3) is 0 Å². The van der Waals surface area contributed by atoms with Crippen molar-refractivity contribution in [1.82, 2.24) is 15.6 Å². The Kier molecular flexibility index (Phi) is 9.57. The summed E-state index contributed by atoms with van der Waals surface area (Å²) in [6.07, 6.45) is 0.528. The first-order valence-electron chi connectivity index (χ1n) is 10.5. The topological polar surface area (TPSA) is 89.6 Å². The molecule has 0 fully saturated rings. The largest absolute Gasteiger partial charge is 0.445 e. The number of pyridine rings is 1. The van der Waals surface area contributed by atoms with Gasteiger partial charge < -0.3 is 20.1 Å². The Bertz CT molecular complexity index is 1090. The number of hydrogen-bond donors (Lipinski definition) is 2. The van der Waals surface area contributed by atoms with Crippen molar-refractivity contribution < 1.29 is 19.1 Å². The molecule has 0 saturated heterocycles. The minimum absolute atomic E-state index is 0.142. The van der Waals surface area contributed by atoms with Crippen LogP contribution in [0, 0.1) is 23.7 Å². The summed E-state index contributed by atoms with van der Waals surface area (Å²) >= 11 is 0. The number of carbonyl (C=O) groups excluding carboxylic acids is 2. The molecule has 0 atom stereocenters. The van der Waals surface area contributed by atoms with Gasteiger partial charge in [-0.2, -0.15) is 0 Å². The molecule has 0 aliphatic rings. The molecular formula is C27H23N3O4. The van der Waals surface area contributed by atoms with E-state index in [1.807, 2.05) is 60.7 Å². The third kappa shape index (κ3) is 9.17. The van der Waals surface area contributed by atoms with Gasteiger partial charge in [-0.05, 0) is 29.2 Å². The average Bonchev–Trinajstić information content (AvgIpc) is 2.88. The molecule has 34 heavy (non-hydrogen) atoms. The molecule has 0 aliphatic carbocycles. The van der Waals surface area contributed by atoms with Crippen molar-refractivity contribution in [2.75, 3.05) is 13.1 Å². The number of benzene rings is 2. The molecule has 1 heterocycles. The van der Waals surface area contributed by atoms with E-state index in [9.17, 15) is 9.59 Å². The first-order valence-corrected chi connectivity index (χ1v) is 10.5. The molecule has 3 aromatic rings. The number of carbonyl (C=O) groups is 2. The van der Waals surface area contributed by atoms with Crippen LogP contribution in [0.5, 0.6) is 0 Å². The van der Waals surface area contributed by atoms with Crippen molar-refractivity contribution in [2.45, 2.75) is 13.2 Å². The molecule has 2 aromatic carbocycles. The van der Waals surface area contributed by atoms with Gasteiger partial charge in [0.05, 0.1) is 13.1 Å². The lowest BCUT2D eigenvalue weighted by atomic mass is 10.2. The highest BCUT2D eigenvalue weighted by Crippen LogP contribution is 2.01. The summed E-state index contributed by atoms with van der Waals surface area (Å²) in [5.41, 5.74) is 3.06. The summed E-state index contributed by atoms with van der Waals surface area (Å²) in [6, 6.07) is 22.4. The van der Waals surface area contributed by atoms with Crippen molar-refractivity contribution in [3.63, 3.8) is 0 Å². The highest BCUT2D eigenvalue weighted by atomic mass is 16.6. The lowest BCUT2D eigenvalue weighted by molar-refractivity contribution is 0.140. The Morgan fingerprint density at radius 2 is 1.24 bits per heavy atom. The average molecular weight is 453 g/mol. The van der Waals surface area contributed by atoms with Crippen LogP contribution in [0.15, 0.2) is 79.0 Å². The first kappa shape index (κ1) is 23.9. The molecule has 170 valence electrons. The van der Waals surface area contributed by atoms with Crippen LogP contribution in [-0.4, -0.2) is 30.3 Å². The zero-order valence-electron chi connectivity index (χ0n) is 18.4. The van der Waals surface area contributed by atoms with Crippen LogP contribution in [-0.2, 0) is 22.7 Å². The molecule has 2 amide bonds. The van der Waals surface area contributed by atoms with E-state index in [1.165, 1.54) is 0 Å². The molecule has 0 aliphatic heterocycles. The van der Waals surface area contributed by atoms with Crippen LogP contribution in [0.1, 0.15) is 22.4 Å². The summed E-state index contributed by atoms with van der Waals surface area (Å²) in [5.74, 6) is 11.4. The number of nitrogens with zero attached hydrogens (tertiary/aromatic N) is 1. The number of nitrogens with one attached hydrogen (secondary N) is 2. The zero-order valence-corrected chi connectivity index (χ0v) is 18.4. The van der Waals surface area contributed by atoms with Gasteiger partial charge in [-0.15, -0.1) is 0 Å². The van der Waals surface area contributed by atoms with E-state index in [4.69, 9.17) is 9.47 Å². The zero-order chi connectivity index (χ0) is 23.8. The Morgan fingerprint density at radius 3 is 1.74 bits per heavy atom. The van der Waals surface area contributed by atoms with E-state index < -0.39 is 12.2 Å². The van der Waals surface area contributed by atoms with Crippen LogP contribution in [0.25, 0.3) is 0 Å². The van der Waals surface area contributed by atoms with Gasteiger partial charge in [0.2, 0.25) is 0 Å². The van der Waals surface area contributed by atoms with Crippen molar-refractivity contribution in [3.8, 4) is 23.7 Å². The maximum absolute atomic E-state index is 11.7. The highest BCUT2D eigenvalue weighted by Gasteiger charge is 2.01. The van der Waals surface area contributed by atoms with Crippen LogP contribution in [0.4, 0.5) is 9.59 Å². The van der Waals surface area contributed by atoms with E-state index in [0.717, 1.165) is 11.1 Å². The molecule has 0 unspecified atom stereocenters. The fourth-order valence-corrected chi connectivity index (χ4v) is 2.60. The Morgan fingerprint density at radius 1 is 0.706 bits per heavy atom. The van der Waals surface area contributed by atoms with Gasteiger partial charge in [0, 0.05) is 11.8 Å². The molecule has 2 N–H and O–H groups in total. The summed E-state index contributed by atoms with van der Waals surface area (Å²) in [5, 5.41) is 5.14. The maximum atomic E-state index is 11.7. The Labute approximate surface area is 198 Å². The van der Waals surface area contributed by atoms with Crippen molar-refractivity contribution in [2.24, 2.45) is 0 Å². The van der Waals surface area contributed by atoms with Crippen molar-refractivity contribution >= 4 is 12.2 Å². The van der Waals surface area contributed by atoms with Gasteiger partial charge in [-0.25, -0.2) is 14.6 Å². The molecule has 7 heteroatoms. The lowest BCUT2D eigenvalue weighted by Gasteiger charge is -2.04. The summed E-state index contributed by atoms with van der Waals surface area (Å²) in [4.78, 5) is 27.6.